The van der Waals surface area contributed by atoms with E-state index in [9.17, 15) is 4.79 Å². The molecular weight excluding hydrogens is 350 g/mol. The molecule has 0 saturated heterocycles. The zero-order valence-electron chi connectivity index (χ0n) is 15.2. The lowest BCUT2D eigenvalue weighted by atomic mass is 10.2. The smallest absolute Gasteiger partial charge is 0.230 e. The van der Waals surface area contributed by atoms with Gasteiger partial charge >= 0.3 is 0 Å². The topological polar surface area (TPSA) is 81.9 Å². The molecule has 2 heterocycles. The summed E-state index contributed by atoms with van der Waals surface area (Å²) < 4.78 is 7.86. The van der Waals surface area contributed by atoms with Crippen LogP contribution in [0, 0.1) is 0 Å². The third-order valence-corrected chi connectivity index (χ3v) is 5.26. The lowest BCUT2D eigenvalue weighted by molar-refractivity contribution is -0.118. The van der Waals surface area contributed by atoms with Crippen LogP contribution < -0.4 is 10.1 Å². The maximum Gasteiger partial charge on any atom is 0.230 e. The van der Waals surface area contributed by atoms with Gasteiger partial charge in [-0.05, 0) is 51.2 Å². The van der Waals surface area contributed by atoms with Gasteiger partial charge in [0, 0.05) is 24.8 Å². The summed E-state index contributed by atoms with van der Waals surface area (Å²) in [6, 6.07) is 4.07. The zero-order valence-corrected chi connectivity index (χ0v) is 16.0. The zero-order chi connectivity index (χ0) is 18.4. The standard InChI is InChI=1S/C18H25N5O2S/c1-13(2)23-12-21-22-18(23)26-11-16(24)20-10-14-7-8-19-17(9-14)25-15-5-3-4-6-15/h7-9,12-13,15H,3-6,10-11H2,1-2H3,(H,20,24). The molecule has 1 saturated carbocycles. The third kappa shape index (κ3) is 5.20. The van der Waals surface area contributed by atoms with Gasteiger partial charge in [-0.15, -0.1) is 10.2 Å². The van der Waals surface area contributed by atoms with Crippen LogP contribution in [0.1, 0.15) is 51.1 Å². The maximum atomic E-state index is 12.1. The molecule has 140 valence electrons. The Kier molecular flexibility index (Phi) is 6.49. The van der Waals surface area contributed by atoms with Crippen LogP contribution in [0.5, 0.6) is 5.88 Å². The van der Waals surface area contributed by atoms with Crippen molar-refractivity contribution < 1.29 is 9.53 Å². The lowest BCUT2D eigenvalue weighted by Gasteiger charge is -2.13. The van der Waals surface area contributed by atoms with Crippen LogP contribution >= 0.6 is 11.8 Å². The van der Waals surface area contributed by atoms with Gasteiger partial charge in [0.1, 0.15) is 12.4 Å². The average Bonchev–Trinajstić information content (AvgIpc) is 3.30. The van der Waals surface area contributed by atoms with Gasteiger partial charge in [-0.2, -0.15) is 0 Å². The monoisotopic (exact) mass is 375 g/mol. The number of nitrogens with one attached hydrogen (secondary N) is 1. The first-order valence-corrected chi connectivity index (χ1v) is 10.0. The van der Waals surface area contributed by atoms with Crippen LogP contribution in [0.15, 0.2) is 29.8 Å². The summed E-state index contributed by atoms with van der Waals surface area (Å²) in [5.74, 6) is 0.911. The molecule has 8 heteroatoms. The number of aromatic nitrogens is 4. The number of rotatable bonds is 8. The van der Waals surface area contributed by atoms with Crippen LogP contribution in [0.2, 0.25) is 0 Å². The summed E-state index contributed by atoms with van der Waals surface area (Å²) in [7, 11) is 0. The van der Waals surface area contributed by atoms with Gasteiger partial charge in [0.25, 0.3) is 0 Å². The first-order valence-electron chi connectivity index (χ1n) is 9.02. The Morgan fingerprint density at radius 1 is 1.42 bits per heavy atom. The number of carbonyl (C=O) groups is 1. The largest absolute Gasteiger partial charge is 0.474 e. The Balaban J connectivity index is 1.46. The van der Waals surface area contributed by atoms with E-state index in [0.29, 0.717) is 18.2 Å². The predicted molar refractivity (Wildman–Crippen MR) is 100 cm³/mol. The van der Waals surface area contributed by atoms with Gasteiger partial charge in [-0.25, -0.2) is 4.98 Å². The van der Waals surface area contributed by atoms with Gasteiger partial charge in [0.15, 0.2) is 5.16 Å². The van der Waals surface area contributed by atoms with Crippen molar-refractivity contribution in [2.45, 2.75) is 63.4 Å². The van der Waals surface area contributed by atoms with Gasteiger partial charge in [-0.3, -0.25) is 4.79 Å². The number of nitrogens with zero attached hydrogens (tertiary/aromatic N) is 4. The minimum Gasteiger partial charge on any atom is -0.474 e. The molecule has 2 aromatic heterocycles. The van der Waals surface area contributed by atoms with E-state index < -0.39 is 0 Å². The number of ether oxygens (including phenoxy) is 1. The molecule has 7 nitrogen and oxygen atoms in total. The van der Waals surface area contributed by atoms with Crippen molar-refractivity contribution in [3.05, 3.63) is 30.2 Å². The van der Waals surface area contributed by atoms with E-state index in [-0.39, 0.29) is 18.1 Å². The molecule has 1 amide bonds. The minimum atomic E-state index is -0.0385. The van der Waals surface area contributed by atoms with Crippen LogP contribution in [0.3, 0.4) is 0 Å². The number of carbonyl (C=O) groups excluding carboxylic acids is 1. The molecule has 1 fully saturated rings. The van der Waals surface area contributed by atoms with Gasteiger partial charge in [0.2, 0.25) is 11.8 Å². The van der Waals surface area contributed by atoms with Crippen molar-refractivity contribution in [2.24, 2.45) is 0 Å². The normalized spacial score (nSPS) is 14.7. The highest BCUT2D eigenvalue weighted by molar-refractivity contribution is 7.99. The van der Waals surface area contributed by atoms with Crippen molar-refractivity contribution in [3.8, 4) is 5.88 Å². The molecular formula is C18H25N5O2S. The van der Waals surface area contributed by atoms with Crippen LogP contribution in [-0.4, -0.2) is 37.5 Å². The molecule has 2 aromatic rings. The molecule has 0 spiro atoms. The van der Waals surface area contributed by atoms with Crippen molar-refractivity contribution in [1.82, 2.24) is 25.1 Å². The van der Waals surface area contributed by atoms with E-state index in [1.54, 1.807) is 12.5 Å². The van der Waals surface area contributed by atoms with Crippen LogP contribution in [0.25, 0.3) is 0 Å². The fourth-order valence-electron chi connectivity index (χ4n) is 2.87. The summed E-state index contributed by atoms with van der Waals surface area (Å²) in [5, 5.41) is 11.7. The summed E-state index contributed by atoms with van der Waals surface area (Å²) >= 11 is 1.39. The second kappa shape index (κ2) is 9.02. The average molecular weight is 375 g/mol. The quantitative estimate of drug-likeness (QED) is 0.714. The first kappa shape index (κ1) is 18.7. The fourth-order valence-corrected chi connectivity index (χ4v) is 3.75. The number of hydrogen-bond acceptors (Lipinski definition) is 6. The number of amides is 1. The highest BCUT2D eigenvalue weighted by Gasteiger charge is 2.17. The molecule has 1 aliphatic rings. The van der Waals surface area contributed by atoms with Crippen molar-refractivity contribution in [2.75, 3.05) is 5.75 Å². The summed E-state index contributed by atoms with van der Waals surface area (Å²) in [4.78, 5) is 16.4. The predicted octanol–water partition coefficient (Wildman–Crippen LogP) is 2.98. The summed E-state index contributed by atoms with van der Waals surface area (Å²) in [6.45, 7) is 4.57. The van der Waals surface area contributed by atoms with Gasteiger partial charge in [0.05, 0.1) is 5.75 Å². The van der Waals surface area contributed by atoms with Crippen LogP contribution in [0.4, 0.5) is 0 Å². The molecule has 0 radical (unpaired) electrons. The molecule has 3 rings (SSSR count). The highest BCUT2D eigenvalue weighted by Crippen LogP contribution is 2.23. The Morgan fingerprint density at radius 3 is 3.00 bits per heavy atom. The van der Waals surface area contributed by atoms with E-state index in [1.165, 1.54) is 24.6 Å². The fraction of sp³-hybridized carbons (Fsp3) is 0.556. The Morgan fingerprint density at radius 2 is 2.23 bits per heavy atom. The molecule has 0 atom stereocenters. The van der Waals surface area contributed by atoms with Gasteiger partial charge in [-0.1, -0.05) is 11.8 Å². The molecule has 26 heavy (non-hydrogen) atoms. The van der Waals surface area contributed by atoms with Crippen molar-refractivity contribution in [1.29, 1.82) is 0 Å². The molecule has 1 aliphatic carbocycles. The van der Waals surface area contributed by atoms with E-state index in [1.807, 2.05) is 16.7 Å². The van der Waals surface area contributed by atoms with Crippen LogP contribution in [-0.2, 0) is 11.3 Å². The molecule has 0 aliphatic heterocycles. The van der Waals surface area contributed by atoms with E-state index in [0.717, 1.165) is 23.6 Å². The second-order valence-corrected chi connectivity index (χ2v) is 7.65. The summed E-state index contributed by atoms with van der Waals surface area (Å²) in [6.07, 6.45) is 8.34. The molecule has 0 unspecified atom stereocenters. The van der Waals surface area contributed by atoms with Gasteiger partial charge < -0.3 is 14.6 Å². The second-order valence-electron chi connectivity index (χ2n) is 6.71. The third-order valence-electron chi connectivity index (χ3n) is 4.31. The Hall–Kier alpha value is -2.09. The van der Waals surface area contributed by atoms with Crippen molar-refractivity contribution in [3.63, 3.8) is 0 Å². The molecule has 0 bridgehead atoms. The van der Waals surface area contributed by atoms with Crippen molar-refractivity contribution >= 4 is 17.7 Å². The number of hydrogen-bond donors (Lipinski definition) is 1. The Bertz CT molecular complexity index is 728. The highest BCUT2D eigenvalue weighted by atomic mass is 32.2. The van der Waals surface area contributed by atoms with E-state index in [4.69, 9.17) is 4.74 Å². The molecule has 0 aromatic carbocycles. The van der Waals surface area contributed by atoms with E-state index >= 15 is 0 Å². The Labute approximate surface area is 157 Å². The number of thioether (sulfide) groups is 1. The minimum absolute atomic E-state index is 0.0385. The first-order chi connectivity index (χ1) is 12.6. The lowest BCUT2D eigenvalue weighted by Crippen LogP contribution is -2.25. The number of pyridine rings is 1. The van der Waals surface area contributed by atoms with E-state index in [2.05, 4.69) is 34.3 Å². The maximum absolute atomic E-state index is 12.1. The SMILES string of the molecule is CC(C)n1cnnc1SCC(=O)NCc1ccnc(OC2CCCC2)c1. The molecule has 1 N–H and O–H groups in total. The summed E-state index contributed by atoms with van der Waals surface area (Å²) in [5.41, 5.74) is 0.983.